The summed E-state index contributed by atoms with van der Waals surface area (Å²) in [6.45, 7) is 0. The Morgan fingerprint density at radius 2 is 1.92 bits per heavy atom. The molecular formula is C17H13Cl2N3O3. The molecule has 25 heavy (non-hydrogen) atoms. The van der Waals surface area contributed by atoms with Gasteiger partial charge in [0.05, 0.1) is 17.2 Å². The van der Waals surface area contributed by atoms with Crippen LogP contribution in [0.4, 0.5) is 0 Å². The maximum atomic E-state index is 12.3. The first-order chi connectivity index (χ1) is 12.0. The molecule has 6 nitrogen and oxygen atoms in total. The van der Waals surface area contributed by atoms with E-state index in [1.54, 1.807) is 6.07 Å². The van der Waals surface area contributed by atoms with E-state index in [0.29, 0.717) is 5.56 Å². The van der Waals surface area contributed by atoms with Crippen LogP contribution in [0, 0.1) is 0 Å². The molecular weight excluding hydrogens is 365 g/mol. The molecule has 0 atom stereocenters. The molecule has 8 heteroatoms. The minimum atomic E-state index is -0.824. The van der Waals surface area contributed by atoms with Crippen LogP contribution in [0.25, 0.3) is 10.9 Å². The Bertz CT molecular complexity index is 982. The molecule has 1 aromatic heterocycles. The lowest BCUT2D eigenvalue weighted by Crippen LogP contribution is -2.15. The Morgan fingerprint density at radius 3 is 2.68 bits per heavy atom. The molecule has 0 fully saturated rings. The van der Waals surface area contributed by atoms with Gasteiger partial charge in [-0.15, -0.1) is 0 Å². The second-order valence-corrected chi connectivity index (χ2v) is 5.89. The summed E-state index contributed by atoms with van der Waals surface area (Å²) in [5.74, 6) is -0.662. The van der Waals surface area contributed by atoms with Gasteiger partial charge in [-0.25, -0.2) is 4.79 Å². The van der Waals surface area contributed by atoms with E-state index in [0.717, 1.165) is 10.9 Å². The van der Waals surface area contributed by atoms with Gasteiger partial charge in [0.1, 0.15) is 5.56 Å². The number of benzene rings is 2. The van der Waals surface area contributed by atoms with E-state index in [4.69, 9.17) is 38.5 Å². The highest BCUT2D eigenvalue weighted by atomic mass is 35.5. The van der Waals surface area contributed by atoms with Gasteiger partial charge in [-0.1, -0.05) is 28.4 Å². The summed E-state index contributed by atoms with van der Waals surface area (Å²) in [4.78, 5) is 20.3. The van der Waals surface area contributed by atoms with Crippen LogP contribution in [0.1, 0.15) is 15.9 Å². The van der Waals surface area contributed by atoms with Crippen LogP contribution >= 0.6 is 23.2 Å². The lowest BCUT2D eigenvalue weighted by molar-refractivity contribution is 0.0512. The number of amidine groups is 1. The standard InChI is InChI=1S/C17H13Cl2N3O3/c1-24-15-12(19)4-3-11(18)14(15)17(23)25-22-16(20)10-2-5-13-9(8-10)6-7-21-13/h2-8,21H,1H3,(H2,20,22). The van der Waals surface area contributed by atoms with E-state index in [-0.39, 0.29) is 27.2 Å². The zero-order valence-electron chi connectivity index (χ0n) is 13.0. The molecule has 3 rings (SSSR count). The van der Waals surface area contributed by atoms with Crippen molar-refractivity contribution in [1.29, 1.82) is 0 Å². The number of nitrogens with one attached hydrogen (secondary N) is 1. The SMILES string of the molecule is COc1c(Cl)ccc(Cl)c1C(=O)O/N=C(\N)c1ccc2[nH]ccc2c1. The van der Waals surface area contributed by atoms with Crippen molar-refractivity contribution >= 4 is 45.9 Å². The average molecular weight is 378 g/mol. The number of H-pyrrole nitrogens is 1. The third-order valence-electron chi connectivity index (χ3n) is 3.54. The summed E-state index contributed by atoms with van der Waals surface area (Å²) in [5, 5.41) is 5.01. The van der Waals surface area contributed by atoms with Crippen LogP contribution in [0.15, 0.2) is 47.8 Å². The van der Waals surface area contributed by atoms with Crippen molar-refractivity contribution in [2.45, 2.75) is 0 Å². The van der Waals surface area contributed by atoms with Crippen LogP contribution < -0.4 is 10.5 Å². The van der Waals surface area contributed by atoms with Crippen LogP contribution in [0.5, 0.6) is 5.75 Å². The Kier molecular flexibility index (Phi) is 4.83. The first-order valence-corrected chi connectivity index (χ1v) is 7.91. The zero-order valence-corrected chi connectivity index (χ0v) is 14.6. The summed E-state index contributed by atoms with van der Waals surface area (Å²) in [7, 11) is 1.37. The van der Waals surface area contributed by atoms with Crippen LogP contribution in [0.2, 0.25) is 10.0 Å². The molecule has 3 N–H and O–H groups in total. The second kappa shape index (κ2) is 7.04. The smallest absolute Gasteiger partial charge is 0.371 e. The molecule has 0 saturated heterocycles. The highest BCUT2D eigenvalue weighted by Gasteiger charge is 2.21. The van der Waals surface area contributed by atoms with Gasteiger partial charge in [0, 0.05) is 22.7 Å². The number of aromatic nitrogens is 1. The number of fused-ring (bicyclic) bond motifs is 1. The molecule has 0 saturated carbocycles. The van der Waals surface area contributed by atoms with Crippen LogP contribution in [-0.2, 0) is 4.84 Å². The van der Waals surface area contributed by atoms with Crippen molar-refractivity contribution in [3.63, 3.8) is 0 Å². The predicted molar refractivity (Wildman–Crippen MR) is 97.5 cm³/mol. The minimum Gasteiger partial charge on any atom is -0.494 e. The molecule has 0 aliphatic carbocycles. The molecule has 1 heterocycles. The molecule has 0 radical (unpaired) electrons. The molecule has 128 valence electrons. The number of carbonyl (C=O) groups excluding carboxylic acids is 1. The Balaban J connectivity index is 1.86. The summed E-state index contributed by atoms with van der Waals surface area (Å²) in [6.07, 6.45) is 1.81. The number of hydrogen-bond acceptors (Lipinski definition) is 4. The summed E-state index contributed by atoms with van der Waals surface area (Å²) < 4.78 is 5.11. The topological polar surface area (TPSA) is 89.7 Å². The molecule has 0 unspecified atom stereocenters. The number of ether oxygens (including phenoxy) is 1. The van der Waals surface area contributed by atoms with Crippen molar-refractivity contribution < 1.29 is 14.4 Å². The number of aromatic amines is 1. The fraction of sp³-hybridized carbons (Fsp3) is 0.0588. The van der Waals surface area contributed by atoms with Crippen molar-refractivity contribution in [2.75, 3.05) is 7.11 Å². The highest BCUT2D eigenvalue weighted by molar-refractivity contribution is 6.37. The highest BCUT2D eigenvalue weighted by Crippen LogP contribution is 2.34. The maximum Gasteiger partial charge on any atom is 0.371 e. The number of oxime groups is 1. The number of rotatable bonds is 4. The Labute approximate surface area is 153 Å². The Morgan fingerprint density at radius 1 is 1.16 bits per heavy atom. The monoisotopic (exact) mass is 377 g/mol. The van der Waals surface area contributed by atoms with Crippen LogP contribution in [0.3, 0.4) is 0 Å². The summed E-state index contributed by atoms with van der Waals surface area (Å²) >= 11 is 12.0. The number of halogens is 2. The van der Waals surface area contributed by atoms with Gasteiger partial charge >= 0.3 is 5.97 Å². The van der Waals surface area contributed by atoms with Gasteiger partial charge in [0.15, 0.2) is 11.6 Å². The Hall–Kier alpha value is -2.70. The van der Waals surface area contributed by atoms with E-state index in [1.807, 2.05) is 24.4 Å². The largest absolute Gasteiger partial charge is 0.494 e. The molecule has 0 spiro atoms. The maximum absolute atomic E-state index is 12.3. The quantitative estimate of drug-likeness (QED) is 0.311. The predicted octanol–water partition coefficient (Wildman–Crippen LogP) is 3.96. The van der Waals surface area contributed by atoms with E-state index < -0.39 is 5.97 Å². The van der Waals surface area contributed by atoms with Gasteiger partial charge in [0.2, 0.25) is 0 Å². The minimum absolute atomic E-state index is 0.0192. The third kappa shape index (κ3) is 3.40. The second-order valence-electron chi connectivity index (χ2n) is 5.07. The van der Waals surface area contributed by atoms with Gasteiger partial charge in [-0.05, 0) is 36.4 Å². The number of methoxy groups -OCH3 is 1. The number of hydrogen-bond donors (Lipinski definition) is 2. The van der Waals surface area contributed by atoms with Gasteiger partial charge in [-0.2, -0.15) is 0 Å². The van der Waals surface area contributed by atoms with Crippen molar-refractivity contribution in [3.8, 4) is 5.75 Å². The van der Waals surface area contributed by atoms with E-state index in [9.17, 15) is 4.79 Å². The normalized spacial score (nSPS) is 11.6. The molecule has 3 aromatic rings. The van der Waals surface area contributed by atoms with Crippen molar-refractivity contribution in [1.82, 2.24) is 4.98 Å². The molecule has 2 aromatic carbocycles. The number of nitrogens with zero attached hydrogens (tertiary/aromatic N) is 1. The van der Waals surface area contributed by atoms with Crippen LogP contribution in [-0.4, -0.2) is 23.9 Å². The van der Waals surface area contributed by atoms with E-state index in [2.05, 4.69) is 10.1 Å². The fourth-order valence-corrected chi connectivity index (χ4v) is 2.79. The molecule has 0 aliphatic heterocycles. The zero-order chi connectivity index (χ0) is 18.0. The molecule has 0 aliphatic rings. The number of carbonyl (C=O) groups is 1. The lowest BCUT2D eigenvalue weighted by atomic mass is 10.1. The van der Waals surface area contributed by atoms with Crippen molar-refractivity contribution in [2.24, 2.45) is 10.9 Å². The first kappa shape index (κ1) is 17.1. The summed E-state index contributed by atoms with van der Waals surface area (Å²) in [6, 6.07) is 10.3. The number of nitrogens with two attached hydrogens (primary N) is 1. The third-order valence-corrected chi connectivity index (χ3v) is 4.16. The van der Waals surface area contributed by atoms with E-state index >= 15 is 0 Å². The first-order valence-electron chi connectivity index (χ1n) is 7.15. The van der Waals surface area contributed by atoms with Gasteiger partial charge < -0.3 is 20.3 Å². The lowest BCUT2D eigenvalue weighted by Gasteiger charge is -2.09. The van der Waals surface area contributed by atoms with Crippen molar-refractivity contribution in [3.05, 3.63) is 63.8 Å². The fourth-order valence-electron chi connectivity index (χ4n) is 2.32. The average Bonchev–Trinajstić information content (AvgIpc) is 3.08. The summed E-state index contributed by atoms with van der Waals surface area (Å²) in [5.41, 5.74) is 7.45. The molecule has 0 amide bonds. The van der Waals surface area contributed by atoms with Gasteiger partial charge in [0.25, 0.3) is 0 Å². The van der Waals surface area contributed by atoms with Gasteiger partial charge in [-0.3, -0.25) is 0 Å². The van der Waals surface area contributed by atoms with E-state index in [1.165, 1.54) is 19.2 Å². The molecule has 0 bridgehead atoms.